The van der Waals surface area contributed by atoms with Crippen molar-refractivity contribution < 1.29 is 9.53 Å². The molecule has 17 heavy (non-hydrogen) atoms. The highest BCUT2D eigenvalue weighted by Crippen LogP contribution is 2.16. The van der Waals surface area contributed by atoms with E-state index in [1.807, 2.05) is 0 Å². The Labute approximate surface area is 110 Å². The van der Waals surface area contributed by atoms with Gasteiger partial charge in [0.1, 0.15) is 5.56 Å². The first-order chi connectivity index (χ1) is 8.00. The predicted octanol–water partition coefficient (Wildman–Crippen LogP) is 3.38. The molecule has 0 spiro atoms. The Balaban J connectivity index is 2.49. The zero-order valence-electron chi connectivity index (χ0n) is 9.74. The van der Waals surface area contributed by atoms with Gasteiger partial charge < -0.3 is 4.74 Å². The van der Waals surface area contributed by atoms with Crippen molar-refractivity contribution in [1.29, 1.82) is 0 Å². The summed E-state index contributed by atoms with van der Waals surface area (Å²) >= 11 is 11.3. The number of aromatic nitrogens is 2. The highest BCUT2D eigenvalue weighted by atomic mass is 35.5. The van der Waals surface area contributed by atoms with Gasteiger partial charge in [-0.2, -0.15) is 0 Å². The summed E-state index contributed by atoms with van der Waals surface area (Å²) in [6, 6.07) is 1.35. The van der Waals surface area contributed by atoms with E-state index in [0.717, 1.165) is 12.8 Å². The van der Waals surface area contributed by atoms with Crippen LogP contribution in [-0.2, 0) is 4.74 Å². The fourth-order valence-electron chi connectivity index (χ4n) is 1.23. The highest BCUT2D eigenvalue weighted by Gasteiger charge is 2.14. The van der Waals surface area contributed by atoms with Gasteiger partial charge in [0.25, 0.3) is 0 Å². The maximum atomic E-state index is 11.6. The van der Waals surface area contributed by atoms with Crippen molar-refractivity contribution in [3.63, 3.8) is 0 Å². The number of nitrogens with zero attached hydrogens (tertiary/aromatic N) is 2. The maximum Gasteiger partial charge on any atom is 0.341 e. The normalized spacial score (nSPS) is 10.6. The lowest BCUT2D eigenvalue weighted by atomic mass is 10.1. The molecule has 4 nitrogen and oxygen atoms in total. The molecule has 0 saturated carbocycles. The van der Waals surface area contributed by atoms with Crippen LogP contribution in [0.4, 0.5) is 0 Å². The Kier molecular flexibility index (Phi) is 5.65. The molecule has 0 aromatic carbocycles. The minimum atomic E-state index is -0.518. The van der Waals surface area contributed by atoms with Crippen LogP contribution in [0.2, 0.25) is 10.3 Å². The summed E-state index contributed by atoms with van der Waals surface area (Å²) < 4.78 is 5.06. The van der Waals surface area contributed by atoms with Crippen LogP contribution in [0, 0.1) is 5.92 Å². The van der Waals surface area contributed by atoms with Crippen LogP contribution in [-0.4, -0.2) is 22.8 Å². The Morgan fingerprint density at radius 3 is 2.76 bits per heavy atom. The lowest BCUT2D eigenvalue weighted by Gasteiger charge is -2.07. The first kappa shape index (κ1) is 14.2. The minimum Gasteiger partial charge on any atom is -0.462 e. The Morgan fingerprint density at radius 1 is 1.41 bits per heavy atom. The lowest BCUT2D eigenvalue weighted by Crippen LogP contribution is -2.09. The summed E-state index contributed by atoms with van der Waals surface area (Å²) in [5.74, 6) is 0.0740. The first-order valence-electron chi connectivity index (χ1n) is 5.36. The van der Waals surface area contributed by atoms with Crippen LogP contribution >= 0.6 is 23.2 Å². The van der Waals surface area contributed by atoms with Crippen molar-refractivity contribution in [3.05, 3.63) is 21.9 Å². The molecule has 0 aliphatic carbocycles. The molecule has 0 atom stereocenters. The molecule has 0 radical (unpaired) electrons. The van der Waals surface area contributed by atoms with Gasteiger partial charge in [0.2, 0.25) is 0 Å². The topological polar surface area (TPSA) is 52.1 Å². The summed E-state index contributed by atoms with van der Waals surface area (Å²) in [4.78, 5) is 11.6. The van der Waals surface area contributed by atoms with E-state index in [4.69, 9.17) is 27.9 Å². The molecule has 6 heteroatoms. The Bertz CT molecular complexity index is 397. The fraction of sp³-hybridized carbons (Fsp3) is 0.545. The zero-order valence-corrected chi connectivity index (χ0v) is 11.3. The first-order valence-corrected chi connectivity index (χ1v) is 6.12. The zero-order chi connectivity index (χ0) is 12.8. The third-order valence-corrected chi connectivity index (χ3v) is 2.56. The molecule has 0 saturated heterocycles. The second-order valence-corrected chi connectivity index (χ2v) is 4.79. The van der Waals surface area contributed by atoms with E-state index in [1.165, 1.54) is 6.07 Å². The molecule has 0 fully saturated rings. The smallest absolute Gasteiger partial charge is 0.341 e. The van der Waals surface area contributed by atoms with Crippen molar-refractivity contribution in [2.24, 2.45) is 5.92 Å². The van der Waals surface area contributed by atoms with Gasteiger partial charge >= 0.3 is 5.97 Å². The standard InChI is InChI=1S/C11H14Cl2N2O2/c1-7(2)4-3-5-17-11(16)8-6-9(12)14-15-10(8)13/h6-7H,3-5H2,1-2H3. The van der Waals surface area contributed by atoms with Crippen LogP contribution in [0.5, 0.6) is 0 Å². The number of esters is 1. The van der Waals surface area contributed by atoms with Crippen LogP contribution in [0.25, 0.3) is 0 Å². The number of carbonyl (C=O) groups excluding carboxylic acids is 1. The number of halogens is 2. The Morgan fingerprint density at radius 2 is 2.12 bits per heavy atom. The van der Waals surface area contributed by atoms with Crippen molar-refractivity contribution >= 4 is 29.2 Å². The van der Waals surface area contributed by atoms with Crippen LogP contribution in [0.15, 0.2) is 6.07 Å². The SMILES string of the molecule is CC(C)CCCOC(=O)c1cc(Cl)nnc1Cl. The number of hydrogen-bond donors (Lipinski definition) is 0. The summed E-state index contributed by atoms with van der Waals surface area (Å²) in [7, 11) is 0. The number of rotatable bonds is 5. The van der Waals surface area contributed by atoms with Gasteiger partial charge in [0.05, 0.1) is 6.61 Å². The van der Waals surface area contributed by atoms with Gasteiger partial charge in [-0.3, -0.25) is 0 Å². The molecule has 0 N–H and O–H groups in total. The van der Waals surface area contributed by atoms with Crippen LogP contribution in [0.3, 0.4) is 0 Å². The van der Waals surface area contributed by atoms with Gasteiger partial charge in [0.15, 0.2) is 10.3 Å². The molecule has 0 unspecified atom stereocenters. The van der Waals surface area contributed by atoms with Crippen LogP contribution < -0.4 is 0 Å². The van der Waals surface area contributed by atoms with Gasteiger partial charge in [-0.15, -0.1) is 10.2 Å². The molecular formula is C11H14Cl2N2O2. The average molecular weight is 277 g/mol. The summed E-state index contributed by atoms with van der Waals surface area (Å²) in [5.41, 5.74) is 0.149. The van der Waals surface area contributed by atoms with E-state index in [9.17, 15) is 4.79 Å². The van der Waals surface area contributed by atoms with E-state index in [2.05, 4.69) is 24.0 Å². The summed E-state index contributed by atoms with van der Waals surface area (Å²) in [6.45, 7) is 4.60. The number of hydrogen-bond acceptors (Lipinski definition) is 4. The van der Waals surface area contributed by atoms with Crippen molar-refractivity contribution in [2.75, 3.05) is 6.61 Å². The number of ether oxygens (including phenoxy) is 1. The minimum absolute atomic E-state index is 0.00302. The predicted molar refractivity (Wildman–Crippen MR) is 66.4 cm³/mol. The molecule has 1 aromatic heterocycles. The monoisotopic (exact) mass is 276 g/mol. The van der Waals surface area contributed by atoms with Gasteiger partial charge in [-0.1, -0.05) is 37.0 Å². The largest absolute Gasteiger partial charge is 0.462 e. The van der Waals surface area contributed by atoms with E-state index in [0.29, 0.717) is 12.5 Å². The molecule has 94 valence electrons. The summed E-state index contributed by atoms with van der Waals surface area (Å²) in [6.07, 6.45) is 1.84. The second kappa shape index (κ2) is 6.77. The third-order valence-electron chi connectivity index (χ3n) is 2.10. The molecule has 1 rings (SSSR count). The fourth-order valence-corrected chi connectivity index (χ4v) is 1.55. The maximum absolute atomic E-state index is 11.6. The third kappa shape index (κ3) is 4.88. The summed E-state index contributed by atoms with van der Waals surface area (Å²) in [5, 5.41) is 7.17. The molecule has 0 aliphatic rings. The molecule has 1 heterocycles. The molecule has 0 bridgehead atoms. The molecule has 0 amide bonds. The lowest BCUT2D eigenvalue weighted by molar-refractivity contribution is 0.0494. The molecular weight excluding hydrogens is 263 g/mol. The van der Waals surface area contributed by atoms with Gasteiger partial charge in [-0.05, 0) is 24.8 Å². The van der Waals surface area contributed by atoms with Gasteiger partial charge in [-0.25, -0.2) is 4.79 Å². The van der Waals surface area contributed by atoms with Crippen molar-refractivity contribution in [2.45, 2.75) is 26.7 Å². The quantitative estimate of drug-likeness (QED) is 0.611. The van der Waals surface area contributed by atoms with Gasteiger partial charge in [0, 0.05) is 0 Å². The number of carbonyl (C=O) groups is 1. The van der Waals surface area contributed by atoms with Crippen LogP contribution in [0.1, 0.15) is 37.0 Å². The second-order valence-electron chi connectivity index (χ2n) is 4.04. The van der Waals surface area contributed by atoms with E-state index < -0.39 is 5.97 Å². The highest BCUT2D eigenvalue weighted by molar-refractivity contribution is 6.33. The van der Waals surface area contributed by atoms with Crippen molar-refractivity contribution in [1.82, 2.24) is 10.2 Å². The Hall–Kier alpha value is -0.870. The van der Waals surface area contributed by atoms with Crippen molar-refractivity contribution in [3.8, 4) is 0 Å². The average Bonchev–Trinajstić information content (AvgIpc) is 2.27. The van der Waals surface area contributed by atoms with E-state index in [-0.39, 0.29) is 15.9 Å². The van der Waals surface area contributed by atoms with E-state index in [1.54, 1.807) is 0 Å². The molecule has 0 aliphatic heterocycles. The molecule has 1 aromatic rings. The van der Waals surface area contributed by atoms with E-state index >= 15 is 0 Å².